The highest BCUT2D eigenvalue weighted by Gasteiger charge is 2.16. The van der Waals surface area contributed by atoms with Crippen molar-refractivity contribution in [2.45, 2.75) is 12.5 Å². The van der Waals surface area contributed by atoms with E-state index in [-0.39, 0.29) is 30.0 Å². The average Bonchev–Trinajstić information content (AvgIpc) is 3.16. The van der Waals surface area contributed by atoms with Crippen LogP contribution in [0.25, 0.3) is 0 Å². The van der Waals surface area contributed by atoms with Gasteiger partial charge in [-0.15, -0.1) is 35.3 Å². The lowest BCUT2D eigenvalue weighted by Crippen LogP contribution is -2.43. The highest BCUT2D eigenvalue weighted by Crippen LogP contribution is 2.22. The van der Waals surface area contributed by atoms with Crippen LogP contribution in [0.4, 0.5) is 0 Å². The molecule has 27 heavy (non-hydrogen) atoms. The van der Waals surface area contributed by atoms with Gasteiger partial charge in [0.1, 0.15) is 5.75 Å². The van der Waals surface area contributed by atoms with Crippen molar-refractivity contribution in [2.24, 2.45) is 4.99 Å². The normalized spacial score (nSPS) is 12.4. The predicted molar refractivity (Wildman–Crippen MR) is 127 cm³/mol. The molecule has 1 aromatic carbocycles. The van der Waals surface area contributed by atoms with E-state index >= 15 is 0 Å². The van der Waals surface area contributed by atoms with E-state index in [9.17, 15) is 0 Å². The lowest BCUT2D eigenvalue weighted by Gasteiger charge is -2.28. The van der Waals surface area contributed by atoms with E-state index in [4.69, 9.17) is 4.74 Å². The quantitative estimate of drug-likeness (QED) is 0.340. The lowest BCUT2D eigenvalue weighted by molar-refractivity contribution is 0.294. The number of likely N-dealkylation sites (N-methyl/N-ethyl adjacent to an activating group) is 2. The average molecular weight is 502 g/mol. The second-order valence-electron chi connectivity index (χ2n) is 6.44. The third-order valence-electron chi connectivity index (χ3n) is 4.40. The van der Waals surface area contributed by atoms with E-state index in [2.05, 4.69) is 70.9 Å². The van der Waals surface area contributed by atoms with Crippen molar-refractivity contribution in [1.82, 2.24) is 15.1 Å². The second kappa shape index (κ2) is 12.2. The molecule has 0 fully saturated rings. The van der Waals surface area contributed by atoms with Gasteiger partial charge in [-0.25, -0.2) is 0 Å². The number of benzene rings is 1. The standard InChI is InChI=1S/C20H30N4OS.HI/c1-21-20(24(4)12-11-18-10-7-13-26-18)22-15-19(23(2)3)16-8-6-9-17(14-16)25-5;/h6-10,13-14,19H,11-12,15H2,1-5H3,(H,21,22);1H. The van der Waals surface area contributed by atoms with Gasteiger partial charge in [0.2, 0.25) is 0 Å². The Hall–Kier alpha value is -1.32. The largest absolute Gasteiger partial charge is 0.497 e. The number of halogens is 1. The molecule has 0 amide bonds. The summed E-state index contributed by atoms with van der Waals surface area (Å²) in [5.74, 6) is 1.79. The van der Waals surface area contributed by atoms with Crippen LogP contribution >= 0.6 is 35.3 Å². The first-order valence-corrected chi connectivity index (χ1v) is 9.67. The molecule has 0 spiro atoms. The van der Waals surface area contributed by atoms with Gasteiger partial charge in [0, 0.05) is 32.1 Å². The topological polar surface area (TPSA) is 40.1 Å². The van der Waals surface area contributed by atoms with Gasteiger partial charge in [-0.1, -0.05) is 18.2 Å². The Morgan fingerprint density at radius 1 is 1.22 bits per heavy atom. The van der Waals surface area contributed by atoms with Gasteiger partial charge < -0.3 is 19.9 Å². The number of rotatable bonds is 8. The highest BCUT2D eigenvalue weighted by atomic mass is 127. The van der Waals surface area contributed by atoms with E-state index in [0.29, 0.717) is 0 Å². The van der Waals surface area contributed by atoms with Gasteiger partial charge in [-0.05, 0) is 49.7 Å². The van der Waals surface area contributed by atoms with E-state index < -0.39 is 0 Å². The summed E-state index contributed by atoms with van der Waals surface area (Å²) in [7, 11) is 9.80. The number of aliphatic imine (C=N–C) groups is 1. The Kier molecular flexibility index (Phi) is 10.7. The second-order valence-corrected chi connectivity index (χ2v) is 7.47. The van der Waals surface area contributed by atoms with Crippen molar-refractivity contribution < 1.29 is 4.74 Å². The van der Waals surface area contributed by atoms with Crippen LogP contribution in [-0.2, 0) is 6.42 Å². The molecule has 1 heterocycles. The fraction of sp³-hybridized carbons (Fsp3) is 0.450. The fourth-order valence-corrected chi connectivity index (χ4v) is 3.56. The Labute approximate surface area is 184 Å². The van der Waals surface area contributed by atoms with Gasteiger partial charge >= 0.3 is 0 Å². The maximum Gasteiger partial charge on any atom is 0.193 e. The SMILES string of the molecule is CN=C(NCC(c1cccc(OC)c1)N(C)C)N(C)CCc1cccs1.I. The number of ether oxygens (including phenoxy) is 1. The van der Waals surface area contributed by atoms with Gasteiger partial charge in [-0.3, -0.25) is 4.99 Å². The first kappa shape index (κ1) is 23.7. The third kappa shape index (κ3) is 7.31. The number of hydrogen-bond donors (Lipinski definition) is 1. The molecular weight excluding hydrogens is 471 g/mol. The zero-order chi connectivity index (χ0) is 18.9. The number of nitrogens with one attached hydrogen (secondary N) is 1. The molecule has 1 unspecified atom stereocenters. The summed E-state index contributed by atoms with van der Waals surface area (Å²) in [6, 6.07) is 12.7. The molecule has 1 aromatic heterocycles. The molecule has 1 N–H and O–H groups in total. The molecule has 0 radical (unpaired) electrons. The minimum Gasteiger partial charge on any atom is -0.497 e. The van der Waals surface area contributed by atoms with Crippen LogP contribution in [0.15, 0.2) is 46.8 Å². The van der Waals surface area contributed by atoms with Crippen LogP contribution in [0.3, 0.4) is 0 Å². The fourth-order valence-electron chi connectivity index (χ4n) is 2.86. The van der Waals surface area contributed by atoms with Crippen molar-refractivity contribution in [1.29, 1.82) is 0 Å². The molecule has 150 valence electrons. The summed E-state index contributed by atoms with van der Waals surface area (Å²) in [5.41, 5.74) is 1.22. The van der Waals surface area contributed by atoms with Gasteiger partial charge in [-0.2, -0.15) is 0 Å². The van der Waals surface area contributed by atoms with Crippen LogP contribution in [-0.4, -0.2) is 64.1 Å². The molecule has 2 rings (SSSR count). The maximum atomic E-state index is 5.37. The van der Waals surface area contributed by atoms with Crippen molar-refractivity contribution in [3.63, 3.8) is 0 Å². The van der Waals surface area contributed by atoms with Crippen LogP contribution in [0.2, 0.25) is 0 Å². The Morgan fingerprint density at radius 2 is 2.00 bits per heavy atom. The molecule has 0 aliphatic rings. The Balaban J connectivity index is 0.00000364. The van der Waals surface area contributed by atoms with Crippen LogP contribution in [0, 0.1) is 0 Å². The maximum absolute atomic E-state index is 5.37. The van der Waals surface area contributed by atoms with Gasteiger partial charge in [0.15, 0.2) is 5.96 Å². The van der Waals surface area contributed by atoms with Crippen molar-refractivity contribution in [3.8, 4) is 5.75 Å². The van der Waals surface area contributed by atoms with Crippen LogP contribution < -0.4 is 10.1 Å². The summed E-state index contributed by atoms with van der Waals surface area (Å²) >= 11 is 1.80. The molecule has 5 nitrogen and oxygen atoms in total. The van der Waals surface area contributed by atoms with Crippen molar-refractivity contribution >= 4 is 41.3 Å². The number of methoxy groups -OCH3 is 1. The zero-order valence-corrected chi connectivity index (χ0v) is 20.0. The molecule has 0 saturated heterocycles. The molecule has 7 heteroatoms. The lowest BCUT2D eigenvalue weighted by atomic mass is 10.1. The van der Waals surface area contributed by atoms with Crippen LogP contribution in [0.1, 0.15) is 16.5 Å². The highest BCUT2D eigenvalue weighted by molar-refractivity contribution is 14.0. The minimum atomic E-state index is 0. The third-order valence-corrected chi connectivity index (χ3v) is 5.34. The first-order valence-electron chi connectivity index (χ1n) is 8.79. The molecule has 0 bridgehead atoms. The van der Waals surface area contributed by atoms with E-state index in [1.165, 1.54) is 10.4 Å². The zero-order valence-electron chi connectivity index (χ0n) is 16.8. The predicted octanol–water partition coefficient (Wildman–Crippen LogP) is 3.73. The van der Waals surface area contributed by atoms with Crippen LogP contribution in [0.5, 0.6) is 5.75 Å². The number of thiophene rings is 1. The smallest absolute Gasteiger partial charge is 0.193 e. The summed E-state index contributed by atoms with van der Waals surface area (Å²) < 4.78 is 5.37. The van der Waals surface area contributed by atoms with E-state index in [1.54, 1.807) is 18.4 Å². The van der Waals surface area contributed by atoms with E-state index in [0.717, 1.165) is 31.2 Å². The molecular formula is C20H31IN4OS. The summed E-state index contributed by atoms with van der Waals surface area (Å²) in [6.45, 7) is 1.71. The monoisotopic (exact) mass is 502 g/mol. The summed E-state index contributed by atoms with van der Waals surface area (Å²) in [5, 5.41) is 5.64. The number of nitrogens with zero attached hydrogens (tertiary/aromatic N) is 3. The Bertz CT molecular complexity index is 691. The number of guanidine groups is 1. The number of hydrogen-bond acceptors (Lipinski definition) is 4. The molecule has 0 saturated carbocycles. The Morgan fingerprint density at radius 3 is 2.59 bits per heavy atom. The first-order chi connectivity index (χ1) is 12.5. The van der Waals surface area contributed by atoms with Crippen molar-refractivity contribution in [3.05, 3.63) is 52.2 Å². The molecule has 1 atom stereocenters. The van der Waals surface area contributed by atoms with Gasteiger partial charge in [0.25, 0.3) is 0 Å². The summed E-state index contributed by atoms with van der Waals surface area (Å²) in [6.07, 6.45) is 1.03. The minimum absolute atomic E-state index is 0. The summed E-state index contributed by atoms with van der Waals surface area (Å²) in [4.78, 5) is 10.2. The molecule has 0 aliphatic carbocycles. The van der Waals surface area contributed by atoms with Crippen molar-refractivity contribution in [2.75, 3.05) is 48.4 Å². The molecule has 0 aliphatic heterocycles. The van der Waals surface area contributed by atoms with Gasteiger partial charge in [0.05, 0.1) is 13.2 Å². The molecule has 2 aromatic rings. The van der Waals surface area contributed by atoms with E-state index in [1.807, 2.05) is 19.2 Å².